The normalized spacial score (nSPS) is 14.3. The quantitative estimate of drug-likeness (QED) is 0.243. The second-order valence-electron chi connectivity index (χ2n) is 7.13. The minimum absolute atomic E-state index is 0. The number of unbranched alkanes of at least 4 members (excludes halogenated alkanes) is 1. The topological polar surface area (TPSA) is 60.0 Å². The van der Waals surface area contributed by atoms with Crippen molar-refractivity contribution in [2.45, 2.75) is 26.3 Å². The minimum atomic E-state index is -0.00243. The van der Waals surface area contributed by atoms with E-state index >= 15 is 0 Å². The second kappa shape index (κ2) is 12.8. The van der Waals surface area contributed by atoms with Gasteiger partial charge in [0.2, 0.25) is 0 Å². The van der Waals surface area contributed by atoms with Crippen LogP contribution in [0.4, 0.5) is 5.00 Å². The minimum Gasteiger partial charge on any atom is -0.360 e. The summed E-state index contributed by atoms with van der Waals surface area (Å²) >= 11 is 1.79. The van der Waals surface area contributed by atoms with Crippen LogP contribution in [0.25, 0.3) is 0 Å². The lowest BCUT2D eigenvalue weighted by atomic mass is 10.1. The van der Waals surface area contributed by atoms with E-state index in [1.165, 1.54) is 5.00 Å². The maximum absolute atomic E-state index is 12.1. The summed E-state index contributed by atoms with van der Waals surface area (Å²) in [7, 11) is 1.83. The monoisotopic (exact) mass is 541 g/mol. The van der Waals surface area contributed by atoms with Gasteiger partial charge >= 0.3 is 0 Å². The number of piperazine rings is 1. The fraction of sp³-hybridized carbons (Fsp3) is 0.455. The molecule has 0 spiro atoms. The third kappa shape index (κ3) is 6.87. The number of carbonyl (C=O) groups excluding carboxylic acids is 1. The predicted octanol–water partition coefficient (Wildman–Crippen LogP) is 3.79. The number of aliphatic imine (C=N–C) groups is 1. The van der Waals surface area contributed by atoms with Gasteiger partial charge in [0.25, 0.3) is 5.91 Å². The molecule has 1 fully saturated rings. The smallest absolute Gasteiger partial charge is 0.251 e. The third-order valence-corrected chi connectivity index (χ3v) is 6.02. The van der Waals surface area contributed by atoms with Crippen LogP contribution in [0.3, 0.4) is 0 Å². The van der Waals surface area contributed by atoms with Gasteiger partial charge in [-0.05, 0) is 41.6 Å². The van der Waals surface area contributed by atoms with Crippen molar-refractivity contribution < 1.29 is 4.79 Å². The number of anilines is 1. The Bertz CT molecular complexity index is 786. The number of hydrogen-bond donors (Lipinski definition) is 2. The fourth-order valence-electron chi connectivity index (χ4n) is 3.36. The first-order valence-corrected chi connectivity index (χ1v) is 11.2. The summed E-state index contributed by atoms with van der Waals surface area (Å²) in [6.45, 7) is 7.45. The zero-order valence-electron chi connectivity index (χ0n) is 17.8. The molecular formula is C22H32IN5OS. The number of carbonyl (C=O) groups is 1. The van der Waals surface area contributed by atoms with Crippen LogP contribution < -0.4 is 15.5 Å². The molecule has 0 saturated carbocycles. The summed E-state index contributed by atoms with van der Waals surface area (Å²) in [6.07, 6.45) is 2.09. The molecule has 0 radical (unpaired) electrons. The van der Waals surface area contributed by atoms with Gasteiger partial charge in [0.05, 0.1) is 5.00 Å². The number of hydrogen-bond acceptors (Lipinski definition) is 4. The molecule has 1 amide bonds. The molecular weight excluding hydrogens is 509 g/mol. The first-order chi connectivity index (χ1) is 14.2. The number of benzene rings is 1. The van der Waals surface area contributed by atoms with Gasteiger partial charge in [-0.2, -0.15) is 0 Å². The van der Waals surface area contributed by atoms with Gasteiger partial charge in [0.15, 0.2) is 5.96 Å². The van der Waals surface area contributed by atoms with Crippen molar-refractivity contribution in [3.05, 3.63) is 52.9 Å². The molecule has 1 aromatic carbocycles. The SMILES string of the molecule is CCCCNC(=O)c1ccc(CNC(=NC)N2CCN(c3cccs3)CC2)cc1.I. The Morgan fingerprint density at radius 3 is 2.43 bits per heavy atom. The molecule has 0 aliphatic carbocycles. The Morgan fingerprint density at radius 1 is 1.10 bits per heavy atom. The maximum Gasteiger partial charge on any atom is 0.251 e. The molecule has 30 heavy (non-hydrogen) atoms. The molecule has 1 aliphatic heterocycles. The van der Waals surface area contributed by atoms with E-state index < -0.39 is 0 Å². The van der Waals surface area contributed by atoms with E-state index in [4.69, 9.17) is 0 Å². The molecule has 0 unspecified atom stereocenters. The average Bonchev–Trinajstić information content (AvgIpc) is 3.30. The summed E-state index contributed by atoms with van der Waals surface area (Å²) < 4.78 is 0. The first kappa shape index (κ1) is 24.5. The predicted molar refractivity (Wildman–Crippen MR) is 137 cm³/mol. The molecule has 8 heteroatoms. The van der Waals surface area contributed by atoms with E-state index in [0.717, 1.165) is 57.1 Å². The lowest BCUT2D eigenvalue weighted by molar-refractivity contribution is 0.0953. The first-order valence-electron chi connectivity index (χ1n) is 10.3. The van der Waals surface area contributed by atoms with E-state index in [2.05, 4.69) is 49.9 Å². The van der Waals surface area contributed by atoms with E-state index in [9.17, 15) is 4.79 Å². The molecule has 0 bridgehead atoms. The van der Waals surface area contributed by atoms with Gasteiger partial charge in [-0.1, -0.05) is 25.5 Å². The summed E-state index contributed by atoms with van der Waals surface area (Å²) in [5.74, 6) is 0.926. The van der Waals surface area contributed by atoms with E-state index in [1.54, 1.807) is 11.3 Å². The highest BCUT2D eigenvalue weighted by Gasteiger charge is 2.20. The van der Waals surface area contributed by atoms with Crippen LogP contribution in [0, 0.1) is 0 Å². The Hall–Kier alpha value is -1.81. The number of guanidine groups is 1. The molecule has 3 rings (SSSR count). The standard InChI is InChI=1S/C22H31N5OS.HI/c1-3-4-11-24-21(28)19-9-7-18(8-10-19)17-25-22(23-2)27-14-12-26(13-15-27)20-6-5-16-29-20;/h5-10,16H,3-4,11-15,17H2,1-2H3,(H,23,25)(H,24,28);1H. The van der Waals surface area contributed by atoms with Gasteiger partial charge in [0.1, 0.15) is 0 Å². The van der Waals surface area contributed by atoms with E-state index in [-0.39, 0.29) is 29.9 Å². The molecule has 1 aliphatic rings. The Balaban J connectivity index is 0.00000320. The zero-order chi connectivity index (χ0) is 20.5. The van der Waals surface area contributed by atoms with Crippen LogP contribution in [-0.2, 0) is 6.54 Å². The molecule has 2 heterocycles. The van der Waals surface area contributed by atoms with Crippen molar-refractivity contribution in [1.82, 2.24) is 15.5 Å². The molecule has 0 atom stereocenters. The van der Waals surface area contributed by atoms with Gasteiger partial charge < -0.3 is 20.4 Å². The van der Waals surface area contributed by atoms with Crippen molar-refractivity contribution in [3.63, 3.8) is 0 Å². The number of rotatable bonds is 7. The van der Waals surface area contributed by atoms with Crippen LogP contribution in [0.5, 0.6) is 0 Å². The number of halogens is 1. The summed E-state index contributed by atoms with van der Waals surface area (Å²) in [5, 5.41) is 9.87. The highest BCUT2D eigenvalue weighted by Crippen LogP contribution is 2.22. The Morgan fingerprint density at radius 2 is 1.83 bits per heavy atom. The van der Waals surface area contributed by atoms with Crippen molar-refractivity contribution in [1.29, 1.82) is 0 Å². The zero-order valence-corrected chi connectivity index (χ0v) is 20.9. The molecule has 2 N–H and O–H groups in total. The molecule has 1 aromatic heterocycles. The summed E-state index contributed by atoms with van der Waals surface area (Å²) in [5.41, 5.74) is 1.84. The number of thiophene rings is 1. The highest BCUT2D eigenvalue weighted by molar-refractivity contribution is 14.0. The molecule has 6 nitrogen and oxygen atoms in total. The van der Waals surface area contributed by atoms with E-state index in [1.807, 2.05) is 31.3 Å². The summed E-state index contributed by atoms with van der Waals surface area (Å²) in [6, 6.07) is 12.1. The van der Waals surface area contributed by atoms with E-state index in [0.29, 0.717) is 12.1 Å². The van der Waals surface area contributed by atoms with Crippen LogP contribution in [0.1, 0.15) is 35.7 Å². The van der Waals surface area contributed by atoms with Crippen molar-refractivity contribution >= 4 is 52.2 Å². The molecule has 1 saturated heterocycles. The highest BCUT2D eigenvalue weighted by atomic mass is 127. The lowest BCUT2D eigenvalue weighted by Crippen LogP contribution is -2.52. The van der Waals surface area contributed by atoms with Crippen LogP contribution in [0.15, 0.2) is 46.8 Å². The third-order valence-electron chi connectivity index (χ3n) is 5.09. The van der Waals surface area contributed by atoms with Crippen LogP contribution in [-0.4, -0.2) is 56.5 Å². The molecule has 164 valence electrons. The number of nitrogens with one attached hydrogen (secondary N) is 2. The summed E-state index contributed by atoms with van der Waals surface area (Å²) in [4.78, 5) is 21.3. The lowest BCUT2D eigenvalue weighted by Gasteiger charge is -2.37. The van der Waals surface area contributed by atoms with Gasteiger partial charge in [-0.25, -0.2) is 0 Å². The van der Waals surface area contributed by atoms with Crippen molar-refractivity contribution in [2.24, 2.45) is 4.99 Å². The molecule has 2 aromatic rings. The van der Waals surface area contributed by atoms with Crippen LogP contribution >= 0.6 is 35.3 Å². The van der Waals surface area contributed by atoms with Crippen molar-refractivity contribution in [2.75, 3.05) is 44.7 Å². The van der Waals surface area contributed by atoms with Crippen molar-refractivity contribution in [3.8, 4) is 0 Å². The van der Waals surface area contributed by atoms with Gasteiger partial charge in [0, 0.05) is 51.9 Å². The fourth-order valence-corrected chi connectivity index (χ4v) is 4.14. The Labute approximate surface area is 200 Å². The van der Waals surface area contributed by atoms with Crippen LogP contribution in [0.2, 0.25) is 0 Å². The maximum atomic E-state index is 12.1. The number of nitrogens with zero attached hydrogens (tertiary/aromatic N) is 3. The van der Waals surface area contributed by atoms with Gasteiger partial charge in [-0.15, -0.1) is 35.3 Å². The second-order valence-corrected chi connectivity index (χ2v) is 8.06. The van der Waals surface area contributed by atoms with Gasteiger partial charge in [-0.3, -0.25) is 9.79 Å². The largest absolute Gasteiger partial charge is 0.360 e. The average molecular weight is 542 g/mol. The number of amides is 1. The Kier molecular flexibility index (Phi) is 10.4.